The molecule has 3 heterocycles. The lowest BCUT2D eigenvalue weighted by Gasteiger charge is -2.53. The predicted molar refractivity (Wildman–Crippen MR) is 169 cm³/mol. The number of carbonyl (C=O) groups excluding carboxylic acids is 1. The third kappa shape index (κ3) is 8.09. The molecule has 2 fully saturated rings. The van der Waals surface area contributed by atoms with Gasteiger partial charge in [0.1, 0.15) is 0 Å². The molecular weight excluding hydrogens is 596 g/mol. The number of hydrogen-bond acceptors (Lipinski definition) is 9. The average molecular weight is 640 g/mol. The monoisotopic (exact) mass is 639 g/mol. The van der Waals surface area contributed by atoms with Crippen molar-refractivity contribution < 1.29 is 32.5 Å². The zero-order chi connectivity index (χ0) is 32.5. The largest absolute Gasteiger partial charge is 0.481 e. The van der Waals surface area contributed by atoms with Crippen LogP contribution in [0.15, 0.2) is 60.7 Å². The summed E-state index contributed by atoms with van der Waals surface area (Å²) in [5.41, 5.74) is 3.05. The first kappa shape index (κ1) is 33.5. The molecule has 2 atom stereocenters. The summed E-state index contributed by atoms with van der Waals surface area (Å²) in [7, 11) is 3.08. The highest BCUT2D eigenvalue weighted by Gasteiger charge is 2.43. The molecule has 5 rings (SSSR count). The molecule has 1 aromatic heterocycles. The number of benzene rings is 2. The van der Waals surface area contributed by atoms with Gasteiger partial charge in [-0.25, -0.2) is 8.78 Å². The molecule has 0 radical (unpaired) electrons. The Morgan fingerprint density at radius 3 is 2.20 bits per heavy atom. The minimum absolute atomic E-state index is 0.0602. The van der Waals surface area contributed by atoms with Gasteiger partial charge in [0.2, 0.25) is 17.7 Å². The van der Waals surface area contributed by atoms with E-state index in [1.807, 2.05) is 24.0 Å². The van der Waals surface area contributed by atoms with E-state index in [9.17, 15) is 13.6 Å². The zero-order valence-electron chi connectivity index (χ0n) is 26.7. The molecule has 0 bridgehead atoms. The van der Waals surface area contributed by atoms with E-state index in [-0.39, 0.29) is 41.7 Å². The summed E-state index contributed by atoms with van der Waals surface area (Å²) in [5, 5.41) is 0. The molecule has 10 nitrogen and oxygen atoms in total. The van der Waals surface area contributed by atoms with Crippen LogP contribution in [0, 0.1) is 0 Å². The number of fused-ring (bicyclic) bond motifs is 1. The number of amides is 1. The summed E-state index contributed by atoms with van der Waals surface area (Å²) in [6, 6.07) is 21.0. The first-order chi connectivity index (χ1) is 22.4. The van der Waals surface area contributed by atoms with Crippen LogP contribution in [0.3, 0.4) is 0 Å². The van der Waals surface area contributed by atoms with Crippen molar-refractivity contribution in [3.05, 3.63) is 77.4 Å². The molecule has 0 aliphatic carbocycles. The van der Waals surface area contributed by atoms with E-state index in [0.29, 0.717) is 57.9 Å². The average Bonchev–Trinajstić information content (AvgIpc) is 3.08. The van der Waals surface area contributed by atoms with Gasteiger partial charge in [-0.2, -0.15) is 9.97 Å². The molecule has 1 amide bonds. The molecule has 2 aromatic carbocycles. The topological polar surface area (TPSA) is 89.5 Å². The molecule has 248 valence electrons. The fourth-order valence-electron chi connectivity index (χ4n) is 6.58. The van der Waals surface area contributed by atoms with Crippen molar-refractivity contribution in [1.82, 2.24) is 24.7 Å². The maximum Gasteiger partial charge on any atom is 0.323 e. The highest BCUT2D eigenvalue weighted by Crippen LogP contribution is 2.37. The Balaban J connectivity index is 1.51. The van der Waals surface area contributed by atoms with E-state index in [4.69, 9.17) is 18.9 Å². The number of rotatable bonds is 14. The molecule has 0 spiro atoms. The third-order valence-electron chi connectivity index (χ3n) is 8.55. The molecule has 46 heavy (non-hydrogen) atoms. The number of nitrogens with zero attached hydrogens (tertiary/aromatic N) is 5. The number of hydrogen-bond donors (Lipinski definition) is 0. The van der Waals surface area contributed by atoms with Crippen LogP contribution in [-0.4, -0.2) is 116 Å². The van der Waals surface area contributed by atoms with E-state index in [2.05, 4.69) is 68.3 Å². The van der Waals surface area contributed by atoms with Gasteiger partial charge < -0.3 is 23.8 Å². The number of methoxy groups -OCH3 is 2. The van der Waals surface area contributed by atoms with E-state index in [1.54, 1.807) is 7.11 Å². The Morgan fingerprint density at radius 2 is 1.59 bits per heavy atom. The van der Waals surface area contributed by atoms with Gasteiger partial charge in [0.05, 0.1) is 32.3 Å². The van der Waals surface area contributed by atoms with E-state index < -0.39 is 13.0 Å². The Bertz CT molecular complexity index is 1360. The van der Waals surface area contributed by atoms with Crippen molar-refractivity contribution in [3.8, 4) is 17.8 Å². The molecule has 12 heteroatoms. The molecule has 0 saturated carbocycles. The minimum atomic E-state index is -2.67. The fourth-order valence-corrected chi connectivity index (χ4v) is 6.58. The van der Waals surface area contributed by atoms with Gasteiger partial charge in [-0.1, -0.05) is 60.7 Å². The van der Waals surface area contributed by atoms with Crippen LogP contribution < -0.4 is 14.2 Å². The van der Waals surface area contributed by atoms with Crippen molar-refractivity contribution in [2.45, 2.75) is 44.3 Å². The smallest absolute Gasteiger partial charge is 0.323 e. The summed E-state index contributed by atoms with van der Waals surface area (Å²) in [5.74, 6) is 0.605. The van der Waals surface area contributed by atoms with Crippen LogP contribution in [0.1, 0.15) is 36.0 Å². The number of carbonyl (C=O) groups is 1. The second-order valence-corrected chi connectivity index (χ2v) is 11.5. The fraction of sp³-hybridized carbons (Fsp3) is 0.500. The third-order valence-corrected chi connectivity index (χ3v) is 8.55. The normalized spacial score (nSPS) is 18.9. The van der Waals surface area contributed by atoms with Crippen molar-refractivity contribution in [3.63, 3.8) is 0 Å². The molecule has 2 aliphatic rings. The minimum Gasteiger partial charge on any atom is -0.481 e. The van der Waals surface area contributed by atoms with Gasteiger partial charge in [0.25, 0.3) is 6.43 Å². The number of aromatic nitrogens is 2. The molecule has 2 saturated heterocycles. The summed E-state index contributed by atoms with van der Waals surface area (Å²) in [4.78, 5) is 28.6. The lowest BCUT2D eigenvalue weighted by molar-refractivity contribution is -0.137. The SMILES string of the molecule is CCOc1nc(OCC(F)F)nc(OC)c1CN1C[C@@H]2CN(C(=O)CCOC)CCN2[C@H](C(c2ccccc2)c2ccccc2)C1. The molecule has 2 aliphatic heterocycles. The van der Waals surface area contributed by atoms with Gasteiger partial charge in [-0.3, -0.25) is 14.6 Å². The Kier molecular flexibility index (Phi) is 11.7. The van der Waals surface area contributed by atoms with Crippen LogP contribution in [-0.2, 0) is 16.1 Å². The van der Waals surface area contributed by atoms with Crippen LogP contribution >= 0.6 is 0 Å². The van der Waals surface area contributed by atoms with Crippen molar-refractivity contribution in [2.75, 3.05) is 66.8 Å². The van der Waals surface area contributed by atoms with Crippen molar-refractivity contribution >= 4 is 5.91 Å². The van der Waals surface area contributed by atoms with Crippen LogP contribution in [0.2, 0.25) is 0 Å². The first-order valence-electron chi connectivity index (χ1n) is 15.7. The van der Waals surface area contributed by atoms with Crippen molar-refractivity contribution in [2.24, 2.45) is 0 Å². The molecular formula is C34H43F2N5O5. The number of halogens is 2. The lowest BCUT2D eigenvalue weighted by Crippen LogP contribution is -2.67. The first-order valence-corrected chi connectivity index (χ1v) is 15.7. The number of piperazine rings is 2. The Hall–Kier alpha value is -3.87. The molecule has 3 aromatic rings. The molecule has 0 N–H and O–H groups in total. The van der Waals surface area contributed by atoms with E-state index in [0.717, 1.165) is 6.54 Å². The van der Waals surface area contributed by atoms with Gasteiger partial charge >= 0.3 is 6.01 Å². The number of ether oxygens (including phenoxy) is 4. The Labute approximate surface area is 269 Å². The maximum atomic E-state index is 13.1. The quantitative estimate of drug-likeness (QED) is 0.259. The Morgan fingerprint density at radius 1 is 0.913 bits per heavy atom. The van der Waals surface area contributed by atoms with Gasteiger partial charge in [-0.15, -0.1) is 0 Å². The maximum absolute atomic E-state index is 13.1. The predicted octanol–water partition coefficient (Wildman–Crippen LogP) is 4.09. The summed E-state index contributed by atoms with van der Waals surface area (Å²) >= 11 is 0. The highest BCUT2D eigenvalue weighted by molar-refractivity contribution is 5.76. The van der Waals surface area contributed by atoms with Crippen LogP contribution in [0.4, 0.5) is 8.78 Å². The van der Waals surface area contributed by atoms with Gasteiger partial charge in [0.15, 0.2) is 6.61 Å². The highest BCUT2D eigenvalue weighted by atomic mass is 19.3. The summed E-state index contributed by atoms with van der Waals surface area (Å²) in [6.45, 7) is 5.48. The second kappa shape index (κ2) is 16.1. The standard InChI is InChI=1S/C34H43F2N5O5/c1-4-45-33-27(32(44-3)37-34(38-33)46-23-29(35)36)21-39-19-26-20-40(30(42)15-18-43-2)16-17-41(26)28(22-39)31(24-11-7-5-8-12-24)25-13-9-6-10-14-25/h5-14,26,28-29,31H,4,15-23H2,1-3H3/t26-,28+/m1/s1. The van der Waals surface area contributed by atoms with Crippen molar-refractivity contribution in [1.29, 1.82) is 0 Å². The zero-order valence-corrected chi connectivity index (χ0v) is 26.7. The summed E-state index contributed by atoms with van der Waals surface area (Å²) < 4.78 is 47.6. The molecule has 0 unspecified atom stereocenters. The lowest BCUT2D eigenvalue weighted by atomic mass is 9.81. The van der Waals surface area contributed by atoms with Gasteiger partial charge in [0, 0.05) is 64.4 Å². The number of alkyl halides is 2. The van der Waals surface area contributed by atoms with Crippen LogP contribution in [0.25, 0.3) is 0 Å². The summed E-state index contributed by atoms with van der Waals surface area (Å²) in [6.07, 6.45) is -2.32. The van der Waals surface area contributed by atoms with E-state index >= 15 is 0 Å². The van der Waals surface area contributed by atoms with Crippen LogP contribution in [0.5, 0.6) is 17.8 Å². The second-order valence-electron chi connectivity index (χ2n) is 11.5. The van der Waals surface area contributed by atoms with Gasteiger partial charge in [-0.05, 0) is 18.1 Å². The van der Waals surface area contributed by atoms with E-state index in [1.165, 1.54) is 18.2 Å².